The van der Waals surface area contributed by atoms with Crippen molar-refractivity contribution in [3.63, 3.8) is 0 Å². The van der Waals surface area contributed by atoms with Crippen LogP contribution in [0.3, 0.4) is 0 Å². The van der Waals surface area contributed by atoms with Crippen molar-refractivity contribution in [1.29, 1.82) is 5.26 Å². The number of hydrogen-bond acceptors (Lipinski definition) is 1. The number of nitrogens with zero attached hydrogens (tertiary/aromatic N) is 1. The summed E-state index contributed by atoms with van der Waals surface area (Å²) in [5.74, 6) is 0. The molecule has 0 N–H and O–H groups in total. The van der Waals surface area contributed by atoms with E-state index in [2.05, 4.69) is 116 Å². The Labute approximate surface area is 208 Å². The zero-order chi connectivity index (χ0) is 23.9. The van der Waals surface area contributed by atoms with Crippen molar-refractivity contribution in [3.8, 4) is 17.2 Å². The van der Waals surface area contributed by atoms with E-state index in [0.29, 0.717) is 0 Å². The smallest absolute Gasteiger partial charge is 0.164 e. The minimum atomic E-state index is -0.127. The van der Waals surface area contributed by atoms with Crippen LogP contribution in [-0.4, -0.2) is 6.26 Å². The first-order valence-electron chi connectivity index (χ1n) is 11.7. The summed E-state index contributed by atoms with van der Waals surface area (Å²) < 4.78 is 0. The van der Waals surface area contributed by atoms with Crippen LogP contribution in [0.2, 0.25) is 0 Å². The summed E-state index contributed by atoms with van der Waals surface area (Å²) in [7, 11) is -0.127. The summed E-state index contributed by atoms with van der Waals surface area (Å²) in [5, 5.41) is 17.0. The molecular formula is C33H24NS+. The molecule has 0 aromatic heterocycles. The highest BCUT2D eigenvalue weighted by molar-refractivity contribution is 7.96. The molecule has 0 aliphatic carbocycles. The topological polar surface area (TPSA) is 23.8 Å². The van der Waals surface area contributed by atoms with Gasteiger partial charge in [0.2, 0.25) is 0 Å². The molecule has 0 aliphatic heterocycles. The van der Waals surface area contributed by atoms with Crippen LogP contribution in [0.5, 0.6) is 0 Å². The number of fused-ring (bicyclic) bond motifs is 3. The molecule has 166 valence electrons. The maximum Gasteiger partial charge on any atom is 0.164 e. The third-order valence-electron chi connectivity index (χ3n) is 6.85. The predicted octanol–water partition coefficient (Wildman–Crippen LogP) is 8.66. The molecule has 1 nitrogen and oxygen atoms in total. The molecule has 1 unspecified atom stereocenters. The van der Waals surface area contributed by atoms with Crippen LogP contribution in [-0.2, 0) is 10.9 Å². The van der Waals surface area contributed by atoms with Crippen LogP contribution in [0.4, 0.5) is 0 Å². The molecule has 0 radical (unpaired) electrons. The van der Waals surface area contributed by atoms with Crippen molar-refractivity contribution in [2.45, 2.75) is 16.7 Å². The van der Waals surface area contributed by atoms with E-state index in [9.17, 15) is 5.26 Å². The van der Waals surface area contributed by atoms with Crippen molar-refractivity contribution in [2.24, 2.45) is 0 Å². The zero-order valence-electron chi connectivity index (χ0n) is 19.7. The lowest BCUT2D eigenvalue weighted by atomic mass is 9.94. The van der Waals surface area contributed by atoms with Crippen LogP contribution >= 0.6 is 0 Å². The van der Waals surface area contributed by atoms with Gasteiger partial charge >= 0.3 is 0 Å². The molecule has 6 rings (SSSR count). The van der Waals surface area contributed by atoms with Gasteiger partial charge in [0.15, 0.2) is 9.79 Å². The quantitative estimate of drug-likeness (QED) is 0.189. The van der Waals surface area contributed by atoms with E-state index in [0.717, 1.165) is 5.56 Å². The summed E-state index contributed by atoms with van der Waals surface area (Å²) in [6, 6.07) is 41.6. The van der Waals surface area contributed by atoms with Crippen LogP contribution < -0.4 is 0 Å². The summed E-state index contributed by atoms with van der Waals surface area (Å²) in [6.07, 6.45) is 2.25. The Morgan fingerprint density at radius 1 is 0.629 bits per heavy atom. The fraction of sp³-hybridized carbons (Fsp3) is 0.0606. The molecular weight excluding hydrogens is 442 g/mol. The fourth-order valence-corrected chi connectivity index (χ4v) is 6.65. The van der Waals surface area contributed by atoms with Gasteiger partial charge in [-0.15, -0.1) is 0 Å². The molecule has 0 heterocycles. The highest BCUT2D eigenvalue weighted by Crippen LogP contribution is 2.35. The highest BCUT2D eigenvalue weighted by Gasteiger charge is 2.23. The molecule has 0 fully saturated rings. The van der Waals surface area contributed by atoms with Crippen LogP contribution in [0.1, 0.15) is 11.1 Å². The Morgan fingerprint density at radius 3 is 2.09 bits per heavy atom. The second-order valence-electron chi connectivity index (χ2n) is 9.06. The summed E-state index contributed by atoms with van der Waals surface area (Å²) in [6.45, 7) is 2.13. The van der Waals surface area contributed by atoms with Gasteiger partial charge in [-0.25, -0.2) is 0 Å². The first-order valence-corrected chi connectivity index (χ1v) is 13.4. The summed E-state index contributed by atoms with van der Waals surface area (Å²) in [4.78, 5) is 2.52. The van der Waals surface area contributed by atoms with E-state index in [1.807, 2.05) is 12.1 Å². The van der Waals surface area contributed by atoms with E-state index in [1.165, 1.54) is 58.8 Å². The van der Waals surface area contributed by atoms with Crippen LogP contribution in [0.15, 0.2) is 119 Å². The van der Waals surface area contributed by atoms with Crippen molar-refractivity contribution in [2.75, 3.05) is 6.26 Å². The Morgan fingerprint density at radius 2 is 1.31 bits per heavy atom. The van der Waals surface area contributed by atoms with E-state index in [4.69, 9.17) is 0 Å². The highest BCUT2D eigenvalue weighted by atomic mass is 32.2. The van der Waals surface area contributed by atoms with Crippen molar-refractivity contribution in [3.05, 3.63) is 120 Å². The Balaban J connectivity index is 1.49. The van der Waals surface area contributed by atoms with E-state index >= 15 is 0 Å². The molecule has 0 spiro atoms. The molecule has 2 heteroatoms. The second kappa shape index (κ2) is 8.62. The lowest BCUT2D eigenvalue weighted by Crippen LogP contribution is -2.03. The second-order valence-corrected chi connectivity index (χ2v) is 11.0. The first-order chi connectivity index (χ1) is 17.1. The van der Waals surface area contributed by atoms with Gasteiger partial charge in [-0.05, 0) is 86.8 Å². The minimum Gasteiger partial charge on any atom is -0.192 e. The van der Waals surface area contributed by atoms with Gasteiger partial charge in [0.1, 0.15) is 6.26 Å². The molecule has 6 aromatic rings. The average molecular weight is 467 g/mol. The monoisotopic (exact) mass is 466 g/mol. The predicted molar refractivity (Wildman–Crippen MR) is 150 cm³/mol. The van der Waals surface area contributed by atoms with E-state index in [-0.39, 0.29) is 10.9 Å². The SMILES string of the molecule is Cc1ccc(C#N)cc1[S+](C)c1cccc(-c2cccc3cc4cc5ccccc5cc4cc23)c1. The van der Waals surface area contributed by atoms with Gasteiger partial charge in [0, 0.05) is 17.7 Å². The lowest BCUT2D eigenvalue weighted by molar-refractivity contribution is 1.26. The van der Waals surface area contributed by atoms with Gasteiger partial charge in [-0.2, -0.15) is 5.26 Å². The number of rotatable bonds is 3. The molecule has 0 bridgehead atoms. The van der Waals surface area contributed by atoms with Gasteiger partial charge in [-0.1, -0.05) is 60.7 Å². The third kappa shape index (κ3) is 3.85. The normalized spacial score (nSPS) is 12.1. The molecule has 0 amide bonds. The number of benzene rings is 6. The molecule has 0 saturated heterocycles. The number of hydrogen-bond donors (Lipinski definition) is 0. The van der Waals surface area contributed by atoms with Gasteiger partial charge in [0.05, 0.1) is 22.5 Å². The maximum atomic E-state index is 9.39. The average Bonchev–Trinajstić information content (AvgIpc) is 2.90. The first kappa shape index (κ1) is 21.5. The molecule has 35 heavy (non-hydrogen) atoms. The van der Waals surface area contributed by atoms with Crippen molar-refractivity contribution in [1.82, 2.24) is 0 Å². The molecule has 0 saturated carbocycles. The summed E-state index contributed by atoms with van der Waals surface area (Å²) >= 11 is 0. The van der Waals surface area contributed by atoms with Crippen LogP contribution in [0.25, 0.3) is 43.4 Å². The molecule has 0 aliphatic rings. The Bertz CT molecular complexity index is 1790. The minimum absolute atomic E-state index is 0.127. The van der Waals surface area contributed by atoms with Crippen molar-refractivity contribution >= 4 is 43.2 Å². The van der Waals surface area contributed by atoms with E-state index in [1.54, 1.807) is 0 Å². The maximum absolute atomic E-state index is 9.39. The number of nitriles is 1. The molecule has 1 atom stereocenters. The standard InChI is InChI=1S/C33H24NS/c1-22-13-14-23(21-34)15-33(22)35(2)30-11-5-9-27(19-30)31-12-6-10-26-18-28-16-24-7-3-4-8-25(24)17-29(28)20-32(26)31/h3-20H,1-2H3/q+1. The summed E-state index contributed by atoms with van der Waals surface area (Å²) in [5.41, 5.74) is 4.42. The van der Waals surface area contributed by atoms with Gasteiger partial charge in [-0.3, -0.25) is 0 Å². The number of aryl methyl sites for hydroxylation is 1. The van der Waals surface area contributed by atoms with Crippen molar-refractivity contribution < 1.29 is 0 Å². The van der Waals surface area contributed by atoms with Gasteiger partial charge in [0.25, 0.3) is 0 Å². The van der Waals surface area contributed by atoms with Crippen LogP contribution in [0, 0.1) is 18.3 Å². The van der Waals surface area contributed by atoms with Gasteiger partial charge < -0.3 is 0 Å². The Kier molecular flexibility index (Phi) is 5.29. The Hall–Kier alpha value is -4.06. The zero-order valence-corrected chi connectivity index (χ0v) is 20.6. The van der Waals surface area contributed by atoms with E-state index < -0.39 is 0 Å². The molecule has 6 aromatic carbocycles. The lowest BCUT2D eigenvalue weighted by Gasteiger charge is -2.11. The third-order valence-corrected chi connectivity index (χ3v) is 8.91. The largest absolute Gasteiger partial charge is 0.192 e. The fourth-order valence-electron chi connectivity index (χ4n) is 4.95.